The Labute approximate surface area is 155 Å². The molecular formula is C21H29N3O2. The Bertz CT molecular complexity index is 711. The van der Waals surface area contributed by atoms with Crippen molar-refractivity contribution in [2.24, 2.45) is 0 Å². The van der Waals surface area contributed by atoms with Crippen LogP contribution in [0.1, 0.15) is 13.3 Å². The van der Waals surface area contributed by atoms with Gasteiger partial charge in [0.2, 0.25) is 5.91 Å². The van der Waals surface area contributed by atoms with Crippen molar-refractivity contribution < 1.29 is 9.53 Å². The van der Waals surface area contributed by atoms with Crippen molar-refractivity contribution in [2.75, 3.05) is 52.4 Å². The number of nitrogens with one attached hydrogen (secondary N) is 1. The summed E-state index contributed by atoms with van der Waals surface area (Å²) in [7, 11) is 0. The van der Waals surface area contributed by atoms with Crippen molar-refractivity contribution in [2.45, 2.75) is 13.3 Å². The molecule has 1 aliphatic rings. The number of benzene rings is 2. The van der Waals surface area contributed by atoms with E-state index in [9.17, 15) is 4.79 Å². The maximum Gasteiger partial charge on any atom is 0.234 e. The van der Waals surface area contributed by atoms with Crippen LogP contribution in [0.2, 0.25) is 0 Å². The Morgan fingerprint density at radius 3 is 2.54 bits per heavy atom. The van der Waals surface area contributed by atoms with Gasteiger partial charge in [-0.15, -0.1) is 0 Å². The Balaban J connectivity index is 1.36. The number of carbonyl (C=O) groups excluding carboxylic acids is 1. The summed E-state index contributed by atoms with van der Waals surface area (Å²) in [6, 6.07) is 14.6. The fraction of sp³-hybridized carbons (Fsp3) is 0.476. The van der Waals surface area contributed by atoms with Crippen LogP contribution in [0.15, 0.2) is 42.5 Å². The summed E-state index contributed by atoms with van der Waals surface area (Å²) in [5, 5.41) is 5.39. The molecule has 0 radical (unpaired) electrons. The van der Waals surface area contributed by atoms with E-state index < -0.39 is 0 Å². The van der Waals surface area contributed by atoms with Crippen molar-refractivity contribution in [3.05, 3.63) is 42.5 Å². The van der Waals surface area contributed by atoms with Gasteiger partial charge in [0.15, 0.2) is 0 Å². The van der Waals surface area contributed by atoms with Gasteiger partial charge in [-0.1, -0.05) is 37.3 Å². The highest BCUT2D eigenvalue weighted by Crippen LogP contribution is 2.20. The molecule has 140 valence electrons. The van der Waals surface area contributed by atoms with E-state index in [4.69, 9.17) is 4.74 Å². The third kappa shape index (κ3) is 5.44. The lowest BCUT2D eigenvalue weighted by Gasteiger charge is -2.34. The SMILES string of the molecule is CCCNC(=O)CN1CCN(CCOc2ccc3ccccc3c2)CC1. The predicted molar refractivity (Wildman–Crippen MR) is 106 cm³/mol. The van der Waals surface area contributed by atoms with Crippen molar-refractivity contribution in [3.63, 3.8) is 0 Å². The summed E-state index contributed by atoms with van der Waals surface area (Å²) in [5.74, 6) is 1.06. The topological polar surface area (TPSA) is 44.8 Å². The first-order valence-electron chi connectivity index (χ1n) is 9.57. The highest BCUT2D eigenvalue weighted by molar-refractivity contribution is 5.83. The molecule has 0 bridgehead atoms. The number of ether oxygens (including phenoxy) is 1. The summed E-state index contributed by atoms with van der Waals surface area (Å²) in [5.41, 5.74) is 0. The van der Waals surface area contributed by atoms with Gasteiger partial charge in [-0.25, -0.2) is 0 Å². The highest BCUT2D eigenvalue weighted by atomic mass is 16.5. The van der Waals surface area contributed by atoms with Crippen LogP contribution in [0.5, 0.6) is 5.75 Å². The van der Waals surface area contributed by atoms with E-state index in [-0.39, 0.29) is 5.91 Å². The van der Waals surface area contributed by atoms with E-state index in [0.29, 0.717) is 13.2 Å². The van der Waals surface area contributed by atoms with Crippen LogP contribution in [0.3, 0.4) is 0 Å². The standard InChI is InChI=1S/C21H29N3O2/c1-2-9-22-21(25)17-24-12-10-23(11-13-24)14-15-26-20-8-7-18-5-3-4-6-19(18)16-20/h3-8,16H,2,9-15,17H2,1H3,(H,22,25). The van der Waals surface area contributed by atoms with Gasteiger partial charge in [0.25, 0.3) is 0 Å². The van der Waals surface area contributed by atoms with Gasteiger partial charge in [-0.2, -0.15) is 0 Å². The second kappa shape index (κ2) is 9.55. The van der Waals surface area contributed by atoms with E-state index in [1.54, 1.807) is 0 Å². The third-order valence-corrected chi connectivity index (χ3v) is 4.80. The number of fused-ring (bicyclic) bond motifs is 1. The molecule has 3 rings (SSSR count). The first-order valence-corrected chi connectivity index (χ1v) is 9.57. The average Bonchev–Trinajstić information content (AvgIpc) is 2.67. The normalized spacial score (nSPS) is 15.9. The second-order valence-corrected chi connectivity index (χ2v) is 6.83. The molecule has 1 N–H and O–H groups in total. The zero-order valence-corrected chi connectivity index (χ0v) is 15.6. The van der Waals surface area contributed by atoms with E-state index in [1.165, 1.54) is 10.8 Å². The summed E-state index contributed by atoms with van der Waals surface area (Å²) in [4.78, 5) is 16.4. The minimum absolute atomic E-state index is 0.139. The summed E-state index contributed by atoms with van der Waals surface area (Å²) >= 11 is 0. The molecule has 1 fully saturated rings. The van der Waals surface area contributed by atoms with E-state index in [0.717, 1.165) is 51.4 Å². The fourth-order valence-corrected chi connectivity index (χ4v) is 3.24. The molecule has 5 heteroatoms. The molecule has 0 unspecified atom stereocenters. The van der Waals surface area contributed by atoms with Gasteiger partial charge in [-0.05, 0) is 29.3 Å². The van der Waals surface area contributed by atoms with Crippen LogP contribution in [0, 0.1) is 0 Å². The lowest BCUT2D eigenvalue weighted by atomic mass is 10.1. The molecule has 0 spiro atoms. The number of nitrogens with zero attached hydrogens (tertiary/aromatic N) is 2. The first-order chi connectivity index (χ1) is 12.7. The van der Waals surface area contributed by atoms with Gasteiger partial charge < -0.3 is 10.1 Å². The summed E-state index contributed by atoms with van der Waals surface area (Å²) in [6.07, 6.45) is 0.983. The summed E-state index contributed by atoms with van der Waals surface area (Å²) in [6.45, 7) is 8.82. The van der Waals surface area contributed by atoms with Gasteiger partial charge in [0, 0.05) is 39.3 Å². The Kier molecular flexibility index (Phi) is 6.86. The zero-order chi connectivity index (χ0) is 18.2. The van der Waals surface area contributed by atoms with Gasteiger partial charge in [-0.3, -0.25) is 14.6 Å². The molecule has 1 aliphatic heterocycles. The van der Waals surface area contributed by atoms with Crippen molar-refractivity contribution in [3.8, 4) is 5.75 Å². The zero-order valence-electron chi connectivity index (χ0n) is 15.6. The van der Waals surface area contributed by atoms with Crippen LogP contribution in [0.25, 0.3) is 10.8 Å². The molecule has 5 nitrogen and oxygen atoms in total. The van der Waals surface area contributed by atoms with Crippen LogP contribution >= 0.6 is 0 Å². The molecule has 1 saturated heterocycles. The number of piperazine rings is 1. The predicted octanol–water partition coefficient (Wildman–Crippen LogP) is 2.36. The van der Waals surface area contributed by atoms with Gasteiger partial charge in [0.1, 0.15) is 12.4 Å². The van der Waals surface area contributed by atoms with Crippen molar-refractivity contribution in [1.29, 1.82) is 0 Å². The number of rotatable bonds is 8. The Morgan fingerprint density at radius 1 is 1.04 bits per heavy atom. The lowest BCUT2D eigenvalue weighted by molar-refractivity contribution is -0.122. The third-order valence-electron chi connectivity index (χ3n) is 4.80. The smallest absolute Gasteiger partial charge is 0.234 e. The van der Waals surface area contributed by atoms with Crippen LogP contribution in [-0.4, -0.2) is 68.1 Å². The van der Waals surface area contributed by atoms with Gasteiger partial charge in [0.05, 0.1) is 6.54 Å². The number of amides is 1. The maximum atomic E-state index is 11.8. The van der Waals surface area contributed by atoms with E-state index >= 15 is 0 Å². The monoisotopic (exact) mass is 355 g/mol. The number of hydrogen-bond acceptors (Lipinski definition) is 4. The molecule has 2 aromatic rings. The minimum atomic E-state index is 0.139. The van der Waals surface area contributed by atoms with Crippen LogP contribution < -0.4 is 10.1 Å². The minimum Gasteiger partial charge on any atom is -0.492 e. The molecule has 2 aromatic carbocycles. The van der Waals surface area contributed by atoms with Crippen molar-refractivity contribution >= 4 is 16.7 Å². The second-order valence-electron chi connectivity index (χ2n) is 6.83. The molecule has 26 heavy (non-hydrogen) atoms. The fourth-order valence-electron chi connectivity index (χ4n) is 3.24. The average molecular weight is 355 g/mol. The first kappa shape index (κ1) is 18.7. The molecule has 0 atom stereocenters. The highest BCUT2D eigenvalue weighted by Gasteiger charge is 2.18. The molecule has 1 amide bonds. The largest absolute Gasteiger partial charge is 0.492 e. The quantitative estimate of drug-likeness (QED) is 0.790. The molecule has 0 aromatic heterocycles. The maximum absolute atomic E-state index is 11.8. The van der Waals surface area contributed by atoms with E-state index in [1.807, 2.05) is 12.1 Å². The Morgan fingerprint density at radius 2 is 1.77 bits per heavy atom. The molecule has 0 saturated carbocycles. The summed E-state index contributed by atoms with van der Waals surface area (Å²) < 4.78 is 5.93. The lowest BCUT2D eigenvalue weighted by Crippen LogP contribution is -2.50. The van der Waals surface area contributed by atoms with Crippen LogP contribution in [0.4, 0.5) is 0 Å². The van der Waals surface area contributed by atoms with E-state index in [2.05, 4.69) is 52.4 Å². The molecule has 1 heterocycles. The molecule has 0 aliphatic carbocycles. The number of carbonyl (C=O) groups is 1. The molecular weight excluding hydrogens is 326 g/mol. The van der Waals surface area contributed by atoms with Gasteiger partial charge >= 0.3 is 0 Å². The number of hydrogen-bond donors (Lipinski definition) is 1. The van der Waals surface area contributed by atoms with Crippen molar-refractivity contribution in [1.82, 2.24) is 15.1 Å². The van der Waals surface area contributed by atoms with Crippen LogP contribution in [-0.2, 0) is 4.79 Å². The Hall–Kier alpha value is -2.11.